The highest BCUT2D eigenvalue weighted by atomic mass is 16.8. The third kappa shape index (κ3) is 11.9. The topological polar surface area (TPSA) is 190 Å². The fourth-order valence-corrected chi connectivity index (χ4v) is 10.2. The minimum Gasteiger partial charge on any atom is -0.469 e. The van der Waals surface area contributed by atoms with Gasteiger partial charge in [-0.1, -0.05) is 20.8 Å². The van der Waals surface area contributed by atoms with Gasteiger partial charge in [0.15, 0.2) is 24.3 Å². The minimum absolute atomic E-state index is 0.132. The Balaban J connectivity index is 1.78. The van der Waals surface area contributed by atoms with Gasteiger partial charge in [-0.15, -0.1) is 0 Å². The van der Waals surface area contributed by atoms with E-state index in [4.69, 9.17) is 47.4 Å². The molecule has 0 bridgehead atoms. The number of methoxy groups -OCH3 is 2. The molecule has 0 aliphatic carbocycles. The molecular weight excluding hydrogens is 796 g/mol. The number of fused-ring (bicyclic) bond motifs is 1. The molecule has 4 saturated heterocycles. The van der Waals surface area contributed by atoms with Gasteiger partial charge in [0.2, 0.25) is 0 Å². The van der Waals surface area contributed by atoms with Gasteiger partial charge in [0.25, 0.3) is 0 Å². The van der Waals surface area contributed by atoms with Crippen LogP contribution in [0.3, 0.4) is 0 Å². The maximum Gasteiger partial charge on any atom is 0.509 e. The number of nitrogens with zero attached hydrogens (tertiary/aromatic N) is 2. The third-order valence-electron chi connectivity index (χ3n) is 13.7. The summed E-state index contributed by atoms with van der Waals surface area (Å²) in [4.78, 5) is 43.2. The van der Waals surface area contributed by atoms with Gasteiger partial charge < -0.3 is 62.5 Å². The van der Waals surface area contributed by atoms with Crippen molar-refractivity contribution in [3.05, 3.63) is 0 Å². The molecule has 17 heteroatoms. The van der Waals surface area contributed by atoms with Gasteiger partial charge in [0, 0.05) is 51.1 Å². The lowest BCUT2D eigenvalue weighted by atomic mass is 9.77. The summed E-state index contributed by atoms with van der Waals surface area (Å²) in [5.74, 6) is -2.85. The average Bonchev–Trinajstić information content (AvgIpc) is 3.50. The van der Waals surface area contributed by atoms with E-state index in [1.54, 1.807) is 27.9 Å². The molecule has 0 spiro atoms. The normalized spacial score (nSPS) is 44.6. The van der Waals surface area contributed by atoms with Gasteiger partial charge in [0.1, 0.15) is 18.3 Å². The Bertz CT molecular complexity index is 1450. The summed E-state index contributed by atoms with van der Waals surface area (Å²) in [5, 5.41) is 24.4. The van der Waals surface area contributed by atoms with E-state index >= 15 is 0 Å². The summed E-state index contributed by atoms with van der Waals surface area (Å²) in [6.45, 7) is 19.2. The van der Waals surface area contributed by atoms with E-state index in [0.29, 0.717) is 25.8 Å². The fourth-order valence-electron chi connectivity index (χ4n) is 10.2. The van der Waals surface area contributed by atoms with E-state index in [2.05, 4.69) is 4.90 Å². The molecule has 4 heterocycles. The molecule has 0 amide bonds. The number of cyclic esters (lactones) is 1. The zero-order chi connectivity index (χ0) is 45.8. The van der Waals surface area contributed by atoms with E-state index in [-0.39, 0.29) is 55.9 Å². The summed E-state index contributed by atoms with van der Waals surface area (Å²) >= 11 is 0. The Hall–Kier alpha value is -2.19. The SMILES string of the molecule is CC[C@H]1OC(=O)[C@H](C)[C@@H](OC2C[C@@](C)(OC)[C@@H](OCCCC(=O)OC)[C@H](C)O2)[C@H](C)[C@@H](O[C@@H]2O[C@H](C)C[C@H](N(C)C)[C@H]2O)[C@](C)(O)C[C@@H](C)CN(C)[C@H](C)[C@@H]2OC(=O)O[C@]12C. The molecule has 0 radical (unpaired) electrons. The number of hydrogen-bond donors (Lipinski definition) is 2. The van der Waals surface area contributed by atoms with E-state index < -0.39 is 96.1 Å². The molecule has 4 aliphatic rings. The smallest absolute Gasteiger partial charge is 0.469 e. The van der Waals surface area contributed by atoms with Crippen molar-refractivity contribution >= 4 is 18.1 Å². The summed E-state index contributed by atoms with van der Waals surface area (Å²) < 4.78 is 61.7. The number of aliphatic hydroxyl groups is 2. The number of rotatable bonds is 12. The molecule has 18 atom stereocenters. The Morgan fingerprint density at radius 1 is 0.967 bits per heavy atom. The van der Waals surface area contributed by atoms with Gasteiger partial charge in [0.05, 0.1) is 48.6 Å². The standard InChI is InChI=1S/C44H78N2O15/c1-16-31-44(10)37(60-41(50)61-44)28(6)46(13)23-24(2)21-42(8,51)36(59-40-34(48)30(45(11)12)20-25(3)55-40)26(4)35(27(5)39(49)57-31)58-33-22-43(9,53-15)38(29(7)56-33)54-19-17-18-32(47)52-14/h24-31,33-38,40,48,51H,16-23H2,1-15H3/t24-,25-,26+,27-,28-,29+,30+,31-,33?,34-,35+,36-,37+,38+,40+,42-,43-,44-/m1/s1. The van der Waals surface area contributed by atoms with Crippen LogP contribution in [0, 0.1) is 17.8 Å². The number of ether oxygens (including phenoxy) is 10. The molecule has 4 aliphatic heterocycles. The van der Waals surface area contributed by atoms with Crippen LogP contribution in [0.4, 0.5) is 4.79 Å². The molecular formula is C44H78N2O15. The van der Waals surface area contributed by atoms with Crippen molar-refractivity contribution in [3.8, 4) is 0 Å². The third-order valence-corrected chi connectivity index (χ3v) is 13.7. The van der Waals surface area contributed by atoms with Gasteiger partial charge in [-0.25, -0.2) is 4.79 Å². The average molecular weight is 875 g/mol. The number of likely N-dealkylation sites (N-methyl/N-ethyl adjacent to an activating group) is 2. The number of hydrogen-bond acceptors (Lipinski definition) is 17. The van der Waals surface area contributed by atoms with Gasteiger partial charge in [-0.3, -0.25) is 14.5 Å². The summed E-state index contributed by atoms with van der Waals surface area (Å²) in [5.41, 5.74) is -3.81. The van der Waals surface area contributed by atoms with Crippen molar-refractivity contribution in [1.29, 1.82) is 0 Å². The molecule has 4 rings (SSSR count). The van der Waals surface area contributed by atoms with E-state index in [0.717, 1.165) is 0 Å². The highest BCUT2D eigenvalue weighted by Crippen LogP contribution is 2.42. The zero-order valence-corrected chi connectivity index (χ0v) is 39.4. The summed E-state index contributed by atoms with van der Waals surface area (Å²) in [6.07, 6.45) is -7.07. The zero-order valence-electron chi connectivity index (χ0n) is 39.4. The van der Waals surface area contributed by atoms with Crippen LogP contribution >= 0.6 is 0 Å². The predicted octanol–water partition coefficient (Wildman–Crippen LogP) is 4.06. The number of esters is 2. The Morgan fingerprint density at radius 3 is 2.25 bits per heavy atom. The molecule has 0 aromatic carbocycles. The summed E-state index contributed by atoms with van der Waals surface area (Å²) in [6, 6.07) is -0.647. The molecule has 0 aromatic heterocycles. The van der Waals surface area contributed by atoms with Crippen LogP contribution in [0.2, 0.25) is 0 Å². The largest absolute Gasteiger partial charge is 0.509 e. The van der Waals surface area contributed by atoms with E-state index in [1.807, 2.05) is 74.5 Å². The second kappa shape index (κ2) is 21.2. The summed E-state index contributed by atoms with van der Waals surface area (Å²) in [7, 11) is 8.63. The first-order valence-corrected chi connectivity index (χ1v) is 22.1. The van der Waals surface area contributed by atoms with Crippen molar-refractivity contribution in [2.24, 2.45) is 17.8 Å². The van der Waals surface area contributed by atoms with Crippen LogP contribution in [0.15, 0.2) is 0 Å². The van der Waals surface area contributed by atoms with E-state index in [9.17, 15) is 24.6 Å². The molecule has 0 saturated carbocycles. The van der Waals surface area contributed by atoms with Gasteiger partial charge in [-0.05, 0) is 101 Å². The van der Waals surface area contributed by atoms with Crippen molar-refractivity contribution in [2.75, 3.05) is 48.5 Å². The minimum atomic E-state index is -1.57. The molecule has 2 N–H and O–H groups in total. The molecule has 17 nitrogen and oxygen atoms in total. The Morgan fingerprint density at radius 2 is 1.64 bits per heavy atom. The second-order valence-electron chi connectivity index (χ2n) is 19.1. The number of carbonyl (C=O) groups is 3. The monoisotopic (exact) mass is 875 g/mol. The van der Waals surface area contributed by atoms with Crippen LogP contribution in [-0.4, -0.2) is 177 Å². The second-order valence-corrected chi connectivity index (χ2v) is 19.1. The molecule has 0 aromatic rings. The molecule has 354 valence electrons. The lowest BCUT2D eigenvalue weighted by molar-refractivity contribution is -0.320. The van der Waals surface area contributed by atoms with Crippen LogP contribution in [-0.2, 0) is 57.0 Å². The van der Waals surface area contributed by atoms with Crippen molar-refractivity contribution in [1.82, 2.24) is 9.80 Å². The molecule has 4 fully saturated rings. The first kappa shape index (κ1) is 51.4. The highest BCUT2D eigenvalue weighted by molar-refractivity contribution is 5.73. The fraction of sp³-hybridized carbons (Fsp3) is 0.932. The van der Waals surface area contributed by atoms with Crippen LogP contribution in [0.1, 0.15) is 108 Å². The maximum absolute atomic E-state index is 14.6. The van der Waals surface area contributed by atoms with Crippen LogP contribution in [0.5, 0.6) is 0 Å². The lowest BCUT2D eigenvalue weighted by Gasteiger charge is -2.49. The number of aliphatic hydroxyl groups excluding tert-OH is 1. The first-order chi connectivity index (χ1) is 28.4. The lowest BCUT2D eigenvalue weighted by Crippen LogP contribution is -2.61. The number of carbonyl (C=O) groups excluding carboxylic acids is 3. The van der Waals surface area contributed by atoms with E-state index in [1.165, 1.54) is 7.11 Å². The van der Waals surface area contributed by atoms with Crippen molar-refractivity contribution in [2.45, 2.75) is 198 Å². The Kier molecular flexibility index (Phi) is 17.9. The van der Waals surface area contributed by atoms with Crippen molar-refractivity contribution in [3.63, 3.8) is 0 Å². The first-order valence-electron chi connectivity index (χ1n) is 22.1. The Labute approximate surface area is 363 Å². The van der Waals surface area contributed by atoms with Gasteiger partial charge in [-0.2, -0.15) is 0 Å². The maximum atomic E-state index is 14.6. The molecule has 1 unspecified atom stereocenters. The quantitative estimate of drug-likeness (QED) is 0.162. The van der Waals surface area contributed by atoms with Gasteiger partial charge >= 0.3 is 18.1 Å². The molecule has 61 heavy (non-hydrogen) atoms. The van der Waals surface area contributed by atoms with Crippen molar-refractivity contribution < 1.29 is 72.0 Å². The van der Waals surface area contributed by atoms with Crippen LogP contribution < -0.4 is 0 Å². The predicted molar refractivity (Wildman–Crippen MR) is 222 cm³/mol. The van der Waals surface area contributed by atoms with Crippen LogP contribution in [0.25, 0.3) is 0 Å². The highest BCUT2D eigenvalue weighted by Gasteiger charge is 2.58.